The fourth-order valence-corrected chi connectivity index (χ4v) is 11.8. The van der Waals surface area contributed by atoms with Gasteiger partial charge in [0.2, 0.25) is 0 Å². The van der Waals surface area contributed by atoms with E-state index in [0.717, 1.165) is 114 Å². The van der Waals surface area contributed by atoms with Crippen LogP contribution in [0.2, 0.25) is 0 Å². The second-order valence-corrected chi connectivity index (χ2v) is 29.3. The second-order valence-electron chi connectivity index (χ2n) is 26.4. The van der Waals surface area contributed by atoms with Crippen LogP contribution in [0, 0.1) is 23.7 Å². The summed E-state index contributed by atoms with van der Waals surface area (Å²) < 4.78 is 68.2. The third kappa shape index (κ3) is 60.3. The molecular formula is C69H134O17P2. The highest BCUT2D eigenvalue weighted by atomic mass is 31.2. The summed E-state index contributed by atoms with van der Waals surface area (Å²) in [6.07, 6.45) is 40.3. The smallest absolute Gasteiger partial charge is 0.462 e. The van der Waals surface area contributed by atoms with E-state index < -0.39 is 97.5 Å². The Balaban J connectivity index is 5.26. The number of rotatable bonds is 66. The lowest BCUT2D eigenvalue weighted by atomic mass is 9.99. The standard InChI is InChI=1S/C69H134O17P2/c1-9-61(7)47-39-31-23-16-12-14-17-24-33-41-49-66(71)79-55-64(85-68(73)51-43-35-26-18-13-11-15-21-29-37-45-59(3)4)57-83-87(75,76)81-53-63(70)54-82-88(77,78)84-58-65(86-69(74)52-44-36-28-27-32-40-48-62(8)10-2)56-80-67(72)50-42-34-25-20-19-22-30-38-46-60(5)6/h59-65,70H,9-58H2,1-8H3,(H,75,76)(H,77,78)/t61?,62?,63?,64-,65-/m1/s1. The van der Waals surface area contributed by atoms with E-state index in [1.54, 1.807) is 0 Å². The Kier molecular flexibility index (Phi) is 57.6. The Morgan fingerprint density at radius 1 is 0.318 bits per heavy atom. The van der Waals surface area contributed by atoms with Gasteiger partial charge in [0.15, 0.2) is 12.2 Å². The number of phosphoric acid groups is 2. The first kappa shape index (κ1) is 86.1. The van der Waals surface area contributed by atoms with Crippen LogP contribution in [0.1, 0.15) is 338 Å². The first-order valence-corrected chi connectivity index (χ1v) is 38.8. The number of carbonyl (C=O) groups excluding carboxylic acids is 4. The molecule has 19 heteroatoms. The lowest BCUT2D eigenvalue weighted by Crippen LogP contribution is -2.30. The average Bonchev–Trinajstić information content (AvgIpc) is 3.64. The lowest BCUT2D eigenvalue weighted by Gasteiger charge is -2.21. The molecule has 0 fully saturated rings. The molecule has 0 aromatic heterocycles. The molecule has 0 amide bonds. The van der Waals surface area contributed by atoms with Crippen molar-refractivity contribution in [3.63, 3.8) is 0 Å². The highest BCUT2D eigenvalue weighted by Gasteiger charge is 2.30. The summed E-state index contributed by atoms with van der Waals surface area (Å²) in [5, 5.41) is 10.6. The minimum absolute atomic E-state index is 0.102. The van der Waals surface area contributed by atoms with E-state index in [9.17, 15) is 43.2 Å². The average molecular weight is 1300 g/mol. The Labute approximate surface area is 537 Å². The highest BCUT2D eigenvalue weighted by Crippen LogP contribution is 2.45. The minimum atomic E-state index is -4.95. The van der Waals surface area contributed by atoms with E-state index in [1.165, 1.54) is 141 Å². The van der Waals surface area contributed by atoms with Crippen molar-refractivity contribution in [1.82, 2.24) is 0 Å². The first-order valence-electron chi connectivity index (χ1n) is 35.8. The van der Waals surface area contributed by atoms with Gasteiger partial charge in [-0.3, -0.25) is 37.3 Å². The summed E-state index contributed by atoms with van der Waals surface area (Å²) in [4.78, 5) is 72.5. The second kappa shape index (κ2) is 58.8. The zero-order valence-corrected chi connectivity index (χ0v) is 59.1. The van der Waals surface area contributed by atoms with Gasteiger partial charge >= 0.3 is 39.5 Å². The molecule has 0 radical (unpaired) electrons. The van der Waals surface area contributed by atoms with Crippen molar-refractivity contribution in [3.8, 4) is 0 Å². The van der Waals surface area contributed by atoms with Crippen molar-refractivity contribution in [2.24, 2.45) is 23.7 Å². The molecule has 7 atom stereocenters. The van der Waals surface area contributed by atoms with Crippen molar-refractivity contribution < 1.29 is 80.2 Å². The zero-order valence-electron chi connectivity index (χ0n) is 57.3. The Bertz CT molecular complexity index is 1750. The topological polar surface area (TPSA) is 237 Å². The van der Waals surface area contributed by atoms with Gasteiger partial charge in [0.25, 0.3) is 0 Å². The Hall–Kier alpha value is -1.94. The molecule has 5 unspecified atom stereocenters. The summed E-state index contributed by atoms with van der Waals surface area (Å²) in [6, 6.07) is 0. The molecular weight excluding hydrogens is 1160 g/mol. The van der Waals surface area contributed by atoms with E-state index >= 15 is 0 Å². The van der Waals surface area contributed by atoms with Gasteiger partial charge < -0.3 is 33.8 Å². The van der Waals surface area contributed by atoms with Crippen molar-refractivity contribution >= 4 is 39.5 Å². The largest absolute Gasteiger partial charge is 0.472 e. The maximum absolute atomic E-state index is 13.0. The molecule has 0 aromatic rings. The fraction of sp³-hybridized carbons (Fsp3) is 0.942. The fourth-order valence-electron chi connectivity index (χ4n) is 10.2. The maximum atomic E-state index is 13.0. The molecule has 88 heavy (non-hydrogen) atoms. The van der Waals surface area contributed by atoms with Crippen LogP contribution in [-0.2, 0) is 65.4 Å². The zero-order chi connectivity index (χ0) is 65.4. The van der Waals surface area contributed by atoms with Gasteiger partial charge in [0, 0.05) is 25.7 Å². The SMILES string of the molecule is CCC(C)CCCCCCCCCCCCC(=O)OC[C@H](COP(=O)(O)OCC(O)COP(=O)(O)OC[C@@H](COC(=O)CCCCCCCCCCC(C)C)OC(=O)CCCCCCCCC(C)CC)OC(=O)CCCCCCCCCCCCC(C)C. The normalized spacial score (nSPS) is 14.9. The number of carbonyl (C=O) groups is 4. The van der Waals surface area contributed by atoms with Gasteiger partial charge in [0.1, 0.15) is 19.3 Å². The van der Waals surface area contributed by atoms with E-state index in [2.05, 4.69) is 55.4 Å². The summed E-state index contributed by atoms with van der Waals surface area (Å²) in [6.45, 7) is 14.1. The Morgan fingerprint density at radius 2 is 0.545 bits per heavy atom. The minimum Gasteiger partial charge on any atom is -0.462 e. The van der Waals surface area contributed by atoms with E-state index in [1.807, 2.05) is 0 Å². The van der Waals surface area contributed by atoms with Crippen LogP contribution in [0.25, 0.3) is 0 Å². The van der Waals surface area contributed by atoms with Gasteiger partial charge in [-0.15, -0.1) is 0 Å². The van der Waals surface area contributed by atoms with E-state index in [0.29, 0.717) is 25.7 Å². The molecule has 0 spiro atoms. The maximum Gasteiger partial charge on any atom is 0.472 e. The molecule has 17 nitrogen and oxygen atoms in total. The number of phosphoric ester groups is 2. The van der Waals surface area contributed by atoms with Gasteiger partial charge in [-0.05, 0) is 49.4 Å². The van der Waals surface area contributed by atoms with Gasteiger partial charge in [-0.1, -0.05) is 287 Å². The predicted octanol–water partition coefficient (Wildman–Crippen LogP) is 19.3. The first-order chi connectivity index (χ1) is 42.2. The summed E-state index contributed by atoms with van der Waals surface area (Å²) in [5.74, 6) is 0.875. The number of esters is 4. The summed E-state index contributed by atoms with van der Waals surface area (Å²) in [7, 11) is -9.90. The molecule has 3 N–H and O–H groups in total. The molecule has 0 bridgehead atoms. The molecule has 0 saturated heterocycles. The Morgan fingerprint density at radius 3 is 0.807 bits per heavy atom. The number of unbranched alkanes of at least 4 members (excludes halogenated alkanes) is 30. The predicted molar refractivity (Wildman–Crippen MR) is 354 cm³/mol. The number of hydrogen-bond donors (Lipinski definition) is 3. The van der Waals surface area contributed by atoms with Crippen LogP contribution in [0.3, 0.4) is 0 Å². The van der Waals surface area contributed by atoms with Crippen molar-refractivity contribution in [2.45, 2.75) is 356 Å². The number of ether oxygens (including phenoxy) is 4. The van der Waals surface area contributed by atoms with Crippen molar-refractivity contribution in [2.75, 3.05) is 39.6 Å². The molecule has 0 aromatic carbocycles. The summed E-state index contributed by atoms with van der Waals surface area (Å²) in [5.41, 5.74) is 0. The molecule has 0 rings (SSSR count). The number of aliphatic hydroxyl groups is 1. The third-order valence-corrected chi connectivity index (χ3v) is 18.4. The van der Waals surface area contributed by atoms with Gasteiger partial charge in [0.05, 0.1) is 26.4 Å². The molecule has 0 aliphatic carbocycles. The monoisotopic (exact) mass is 1300 g/mol. The van der Waals surface area contributed by atoms with E-state index in [4.69, 9.17) is 37.0 Å². The van der Waals surface area contributed by atoms with Crippen LogP contribution in [-0.4, -0.2) is 96.7 Å². The van der Waals surface area contributed by atoms with Crippen LogP contribution in [0.5, 0.6) is 0 Å². The van der Waals surface area contributed by atoms with Crippen LogP contribution >= 0.6 is 15.6 Å². The van der Waals surface area contributed by atoms with Crippen LogP contribution in [0.4, 0.5) is 0 Å². The quantitative estimate of drug-likeness (QED) is 0.0222. The van der Waals surface area contributed by atoms with Crippen LogP contribution in [0.15, 0.2) is 0 Å². The van der Waals surface area contributed by atoms with E-state index in [-0.39, 0.29) is 25.7 Å². The molecule has 522 valence electrons. The molecule has 0 heterocycles. The molecule has 0 saturated carbocycles. The molecule has 0 aliphatic rings. The van der Waals surface area contributed by atoms with Crippen molar-refractivity contribution in [1.29, 1.82) is 0 Å². The van der Waals surface area contributed by atoms with Crippen LogP contribution < -0.4 is 0 Å². The summed E-state index contributed by atoms with van der Waals surface area (Å²) >= 11 is 0. The number of aliphatic hydroxyl groups excluding tert-OH is 1. The molecule has 0 aliphatic heterocycles. The number of hydrogen-bond acceptors (Lipinski definition) is 15. The lowest BCUT2D eigenvalue weighted by molar-refractivity contribution is -0.161. The van der Waals surface area contributed by atoms with Crippen molar-refractivity contribution in [3.05, 3.63) is 0 Å². The van der Waals surface area contributed by atoms with Gasteiger partial charge in [-0.2, -0.15) is 0 Å². The highest BCUT2D eigenvalue weighted by molar-refractivity contribution is 7.47. The third-order valence-electron chi connectivity index (χ3n) is 16.5. The van der Waals surface area contributed by atoms with Gasteiger partial charge in [-0.25, -0.2) is 9.13 Å².